The van der Waals surface area contributed by atoms with Gasteiger partial charge in [0, 0.05) is 12.1 Å². The fraction of sp³-hybridized carbons (Fsp3) is 0.562. The molecule has 0 spiro atoms. The molecule has 0 unspecified atom stereocenters. The summed E-state index contributed by atoms with van der Waals surface area (Å²) >= 11 is 6.14. The minimum atomic E-state index is -0.0887. The van der Waals surface area contributed by atoms with Crippen LogP contribution in [-0.2, 0) is 4.79 Å². The van der Waals surface area contributed by atoms with E-state index in [1.54, 1.807) is 12.1 Å². The maximum Gasteiger partial charge on any atom is 0.258 e. The van der Waals surface area contributed by atoms with Gasteiger partial charge in [-0.3, -0.25) is 4.79 Å². The lowest BCUT2D eigenvalue weighted by Crippen LogP contribution is -2.39. The van der Waals surface area contributed by atoms with Crippen LogP contribution in [0.1, 0.15) is 50.6 Å². The molecule has 1 aliphatic rings. The van der Waals surface area contributed by atoms with Gasteiger partial charge in [0.15, 0.2) is 6.61 Å². The van der Waals surface area contributed by atoms with E-state index in [4.69, 9.17) is 22.1 Å². The summed E-state index contributed by atoms with van der Waals surface area (Å²) in [6, 6.07) is 5.62. The average molecular weight is 311 g/mol. The van der Waals surface area contributed by atoms with Crippen molar-refractivity contribution in [1.82, 2.24) is 5.32 Å². The number of rotatable bonds is 5. The maximum absolute atomic E-state index is 11.9. The minimum Gasteiger partial charge on any atom is -0.482 e. The molecule has 0 heterocycles. The van der Waals surface area contributed by atoms with E-state index in [0.29, 0.717) is 16.8 Å². The number of nitrogens with one attached hydrogen (secondary N) is 1. The topological polar surface area (TPSA) is 64.3 Å². The molecule has 1 aromatic carbocycles. The van der Waals surface area contributed by atoms with Crippen molar-refractivity contribution in [2.45, 2.75) is 51.1 Å². The number of carbonyl (C=O) groups excluding carboxylic acids is 1. The van der Waals surface area contributed by atoms with E-state index >= 15 is 0 Å². The molecule has 21 heavy (non-hydrogen) atoms. The molecular formula is C16H23ClN2O2. The first-order valence-electron chi connectivity index (χ1n) is 7.53. The Kier molecular flexibility index (Phi) is 5.88. The Bertz CT molecular complexity index is 485. The zero-order chi connectivity index (χ0) is 15.2. The number of hydrogen-bond donors (Lipinski definition) is 2. The van der Waals surface area contributed by atoms with Crippen LogP contribution in [0.5, 0.6) is 5.75 Å². The Labute approximate surface area is 131 Å². The van der Waals surface area contributed by atoms with E-state index < -0.39 is 0 Å². The first-order valence-corrected chi connectivity index (χ1v) is 7.91. The summed E-state index contributed by atoms with van der Waals surface area (Å²) in [5.74, 6) is 0.425. The van der Waals surface area contributed by atoms with Gasteiger partial charge in [0.1, 0.15) is 5.75 Å². The molecule has 1 aliphatic carbocycles. The van der Waals surface area contributed by atoms with Crippen molar-refractivity contribution >= 4 is 17.5 Å². The van der Waals surface area contributed by atoms with E-state index in [2.05, 4.69) is 5.32 Å². The number of halogens is 1. The van der Waals surface area contributed by atoms with Crippen molar-refractivity contribution in [3.8, 4) is 5.75 Å². The SMILES string of the molecule is C[C@H](N)c1ccc(OCC(=O)NC2CCCCC2)c(Cl)c1. The first kappa shape index (κ1) is 16.1. The van der Waals surface area contributed by atoms with Crippen LogP contribution < -0.4 is 15.8 Å². The third-order valence-corrected chi connectivity index (χ3v) is 4.11. The van der Waals surface area contributed by atoms with Gasteiger partial charge in [0.2, 0.25) is 0 Å². The summed E-state index contributed by atoms with van der Waals surface area (Å²) in [6.45, 7) is 1.89. The van der Waals surface area contributed by atoms with Crippen molar-refractivity contribution in [1.29, 1.82) is 0 Å². The third kappa shape index (κ3) is 4.90. The van der Waals surface area contributed by atoms with Crippen LogP contribution in [0.15, 0.2) is 18.2 Å². The minimum absolute atomic E-state index is 0.00621. The van der Waals surface area contributed by atoms with Gasteiger partial charge >= 0.3 is 0 Å². The molecule has 1 aromatic rings. The Hall–Kier alpha value is -1.26. The normalized spacial score (nSPS) is 17.3. The largest absolute Gasteiger partial charge is 0.482 e. The van der Waals surface area contributed by atoms with E-state index in [9.17, 15) is 4.79 Å². The highest BCUT2D eigenvalue weighted by Crippen LogP contribution is 2.27. The van der Waals surface area contributed by atoms with Gasteiger partial charge < -0.3 is 15.8 Å². The van der Waals surface area contributed by atoms with Crippen LogP contribution in [0, 0.1) is 0 Å². The standard InChI is InChI=1S/C16H23ClN2O2/c1-11(18)12-7-8-15(14(17)9-12)21-10-16(20)19-13-5-3-2-4-6-13/h7-9,11,13H,2-6,10,18H2,1H3,(H,19,20)/t11-/m0/s1. The van der Waals surface area contributed by atoms with Crippen molar-refractivity contribution in [2.75, 3.05) is 6.61 Å². The van der Waals surface area contributed by atoms with Gasteiger partial charge in [-0.2, -0.15) is 0 Å². The average Bonchev–Trinajstić information content (AvgIpc) is 2.47. The fourth-order valence-electron chi connectivity index (χ4n) is 2.58. The molecule has 1 atom stereocenters. The van der Waals surface area contributed by atoms with Crippen LogP contribution >= 0.6 is 11.6 Å². The summed E-state index contributed by atoms with van der Waals surface area (Å²) in [7, 11) is 0. The molecule has 1 saturated carbocycles. The number of carbonyl (C=O) groups is 1. The third-order valence-electron chi connectivity index (χ3n) is 3.81. The van der Waals surface area contributed by atoms with Crippen molar-refractivity contribution < 1.29 is 9.53 Å². The number of nitrogens with two attached hydrogens (primary N) is 1. The molecule has 0 aromatic heterocycles. The lowest BCUT2D eigenvalue weighted by Gasteiger charge is -2.22. The molecule has 1 fully saturated rings. The zero-order valence-electron chi connectivity index (χ0n) is 12.4. The predicted molar refractivity (Wildman–Crippen MR) is 84.6 cm³/mol. The quantitative estimate of drug-likeness (QED) is 0.878. The summed E-state index contributed by atoms with van der Waals surface area (Å²) in [5, 5.41) is 3.49. The van der Waals surface area contributed by atoms with Crippen LogP contribution in [-0.4, -0.2) is 18.6 Å². The molecular weight excluding hydrogens is 288 g/mol. The Morgan fingerprint density at radius 2 is 2.14 bits per heavy atom. The maximum atomic E-state index is 11.9. The summed E-state index contributed by atoms with van der Waals surface area (Å²) in [6.07, 6.45) is 5.78. The molecule has 5 heteroatoms. The fourth-order valence-corrected chi connectivity index (χ4v) is 2.82. The Morgan fingerprint density at radius 1 is 1.43 bits per heavy atom. The van der Waals surface area contributed by atoms with Gasteiger partial charge in [-0.15, -0.1) is 0 Å². The highest BCUT2D eigenvalue weighted by molar-refractivity contribution is 6.32. The molecule has 116 valence electrons. The Balaban J connectivity index is 1.83. The zero-order valence-corrected chi connectivity index (χ0v) is 13.2. The van der Waals surface area contributed by atoms with Gasteiger partial charge in [0.05, 0.1) is 5.02 Å². The molecule has 0 radical (unpaired) electrons. The molecule has 0 bridgehead atoms. The van der Waals surface area contributed by atoms with Gasteiger partial charge in [-0.1, -0.05) is 36.9 Å². The molecule has 4 nitrogen and oxygen atoms in total. The van der Waals surface area contributed by atoms with E-state index in [-0.39, 0.29) is 18.6 Å². The predicted octanol–water partition coefficient (Wildman–Crippen LogP) is 3.19. The lowest BCUT2D eigenvalue weighted by molar-refractivity contribution is -0.124. The second-order valence-electron chi connectivity index (χ2n) is 5.67. The van der Waals surface area contributed by atoms with Gasteiger partial charge in [-0.05, 0) is 37.5 Å². The first-order chi connectivity index (χ1) is 10.1. The number of amides is 1. The number of ether oxygens (including phenoxy) is 1. The Morgan fingerprint density at radius 3 is 2.76 bits per heavy atom. The molecule has 0 aliphatic heterocycles. The molecule has 0 saturated heterocycles. The summed E-state index contributed by atoms with van der Waals surface area (Å²) in [5.41, 5.74) is 6.74. The van der Waals surface area contributed by atoms with Gasteiger partial charge in [0.25, 0.3) is 5.91 Å². The van der Waals surface area contributed by atoms with Crippen molar-refractivity contribution in [3.05, 3.63) is 28.8 Å². The highest BCUT2D eigenvalue weighted by Gasteiger charge is 2.16. The van der Waals surface area contributed by atoms with Crippen LogP contribution in [0.2, 0.25) is 5.02 Å². The van der Waals surface area contributed by atoms with E-state index in [1.165, 1.54) is 19.3 Å². The summed E-state index contributed by atoms with van der Waals surface area (Å²) < 4.78 is 5.49. The van der Waals surface area contributed by atoms with Crippen LogP contribution in [0.4, 0.5) is 0 Å². The van der Waals surface area contributed by atoms with Gasteiger partial charge in [-0.25, -0.2) is 0 Å². The summed E-state index contributed by atoms with van der Waals surface area (Å²) in [4.78, 5) is 11.9. The van der Waals surface area contributed by atoms with Crippen LogP contribution in [0.3, 0.4) is 0 Å². The van der Waals surface area contributed by atoms with Crippen molar-refractivity contribution in [2.24, 2.45) is 5.73 Å². The molecule has 3 N–H and O–H groups in total. The molecule has 2 rings (SSSR count). The second kappa shape index (κ2) is 7.66. The monoisotopic (exact) mass is 310 g/mol. The van der Waals surface area contributed by atoms with Crippen molar-refractivity contribution in [3.63, 3.8) is 0 Å². The second-order valence-corrected chi connectivity index (χ2v) is 6.08. The van der Waals surface area contributed by atoms with Crippen LogP contribution in [0.25, 0.3) is 0 Å². The number of hydrogen-bond acceptors (Lipinski definition) is 3. The highest BCUT2D eigenvalue weighted by atomic mass is 35.5. The molecule has 1 amide bonds. The lowest BCUT2D eigenvalue weighted by atomic mass is 9.95. The smallest absolute Gasteiger partial charge is 0.258 e. The van der Waals surface area contributed by atoms with E-state index in [0.717, 1.165) is 18.4 Å². The van der Waals surface area contributed by atoms with E-state index in [1.807, 2.05) is 13.0 Å². The number of benzene rings is 1.